The van der Waals surface area contributed by atoms with E-state index in [0.29, 0.717) is 16.9 Å². The maximum atomic E-state index is 13.2. The van der Waals surface area contributed by atoms with Crippen LogP contribution in [-0.2, 0) is 5.54 Å². The minimum atomic E-state index is -0.950. The summed E-state index contributed by atoms with van der Waals surface area (Å²) >= 11 is 0. The lowest BCUT2D eigenvalue weighted by molar-refractivity contribution is -0.385. The van der Waals surface area contributed by atoms with Crippen molar-refractivity contribution in [3.8, 4) is 0 Å². The quantitative estimate of drug-likeness (QED) is 0.119. The molecule has 0 fully saturated rings. The van der Waals surface area contributed by atoms with E-state index in [2.05, 4.69) is 15.3 Å². The molecule has 0 spiro atoms. The van der Waals surface area contributed by atoms with E-state index in [-0.39, 0.29) is 17.3 Å². The molecule has 0 radical (unpaired) electrons. The van der Waals surface area contributed by atoms with E-state index >= 15 is 0 Å². The zero-order valence-corrected chi connectivity index (χ0v) is 23.0. The van der Waals surface area contributed by atoms with Crippen molar-refractivity contribution in [3.05, 3.63) is 175 Å². The number of amides is 1. The van der Waals surface area contributed by atoms with Crippen LogP contribution in [0, 0.1) is 20.2 Å². The summed E-state index contributed by atoms with van der Waals surface area (Å²) in [5.74, 6) is -0.180. The zero-order valence-electron chi connectivity index (χ0n) is 23.0. The largest absolute Gasteiger partial charge is 0.334 e. The molecule has 10 heteroatoms. The van der Waals surface area contributed by atoms with Gasteiger partial charge in [0.2, 0.25) is 0 Å². The van der Waals surface area contributed by atoms with Crippen molar-refractivity contribution in [1.29, 1.82) is 0 Å². The summed E-state index contributed by atoms with van der Waals surface area (Å²) in [6.45, 7) is 0. The summed E-state index contributed by atoms with van der Waals surface area (Å²) in [5, 5.41) is 25.0. The lowest BCUT2D eigenvalue weighted by Gasteiger charge is -2.32. The lowest BCUT2D eigenvalue weighted by atomic mass is 9.78. The Balaban J connectivity index is 1.30. The number of carbonyl (C=O) groups excluding carboxylic acids is 1. The summed E-state index contributed by atoms with van der Waals surface area (Å²) in [5.41, 5.74) is 4.98. The number of hydrogen-bond acceptors (Lipinski definition) is 7. The second-order valence-electron chi connectivity index (χ2n) is 10.1. The molecule has 5 aromatic carbocycles. The highest BCUT2D eigenvalue weighted by molar-refractivity contribution is 6.01. The molecule has 0 atom stereocenters. The molecule has 5 aromatic rings. The molecule has 1 heterocycles. The van der Waals surface area contributed by atoms with E-state index in [1.807, 2.05) is 66.7 Å². The van der Waals surface area contributed by atoms with E-state index in [1.54, 1.807) is 42.8 Å². The molecule has 0 saturated carbocycles. The maximum absolute atomic E-state index is 13.2. The van der Waals surface area contributed by atoms with Gasteiger partial charge in [-0.15, -0.1) is 0 Å². The second-order valence-corrected chi connectivity index (χ2v) is 10.1. The Morgan fingerprint density at radius 2 is 1.02 bits per heavy atom. The average Bonchev–Trinajstić information content (AvgIpc) is 3.36. The summed E-state index contributed by atoms with van der Waals surface area (Å²) in [6.07, 6.45) is 3.27. The lowest BCUT2D eigenvalue weighted by Crippen LogP contribution is -2.41. The molecule has 1 amide bonds. The Morgan fingerprint density at radius 3 is 1.45 bits per heavy atom. The highest BCUT2D eigenvalue weighted by Crippen LogP contribution is 2.43. The number of non-ortho nitro benzene ring substituents is 2. The molecule has 10 nitrogen and oxygen atoms in total. The Labute approximate surface area is 251 Å². The second kappa shape index (κ2) is 11.5. The molecule has 1 aliphatic heterocycles. The van der Waals surface area contributed by atoms with Crippen molar-refractivity contribution in [2.75, 3.05) is 0 Å². The average molecular weight is 582 g/mol. The van der Waals surface area contributed by atoms with Gasteiger partial charge < -0.3 is 5.32 Å². The third kappa shape index (κ3) is 5.35. The van der Waals surface area contributed by atoms with Gasteiger partial charge in [0.25, 0.3) is 17.3 Å². The predicted octanol–water partition coefficient (Wildman–Crippen LogP) is 7.04. The molecule has 1 aliphatic rings. The Bertz CT molecular complexity index is 1820. The fraction of sp³-hybridized carbons (Fsp3) is 0.0294. The highest BCUT2D eigenvalue weighted by Gasteiger charge is 2.45. The van der Waals surface area contributed by atoms with Crippen molar-refractivity contribution < 1.29 is 14.6 Å². The predicted molar refractivity (Wildman–Crippen MR) is 167 cm³/mol. The van der Waals surface area contributed by atoms with E-state index in [1.165, 1.54) is 24.3 Å². The third-order valence-electron chi connectivity index (χ3n) is 7.41. The third-order valence-corrected chi connectivity index (χ3v) is 7.41. The van der Waals surface area contributed by atoms with Crippen LogP contribution in [0.2, 0.25) is 0 Å². The molecule has 0 unspecified atom stereocenters. The van der Waals surface area contributed by atoms with Crippen LogP contribution in [0.25, 0.3) is 0 Å². The normalized spacial score (nSPS) is 15.8. The fourth-order valence-electron chi connectivity index (χ4n) is 5.19. The first-order valence-electron chi connectivity index (χ1n) is 13.5. The van der Waals surface area contributed by atoms with E-state index < -0.39 is 15.4 Å². The zero-order chi connectivity index (χ0) is 30.7. The minimum Gasteiger partial charge on any atom is -0.334 e. The first-order valence-corrected chi connectivity index (χ1v) is 13.5. The van der Waals surface area contributed by atoms with Gasteiger partial charge in [0, 0.05) is 42.3 Å². The SMILES string of the molecule is O=C1NC(c2ccc(N=Cc3ccc([N+](=O)[O-])cc3)cc2)(c2ccc(N=Cc3ccc([N+](=O)[O-])cc3)cc2)c2ccccc21. The van der Waals surface area contributed by atoms with Gasteiger partial charge in [0.1, 0.15) is 5.54 Å². The van der Waals surface area contributed by atoms with Crippen molar-refractivity contribution in [3.63, 3.8) is 0 Å². The van der Waals surface area contributed by atoms with Crippen LogP contribution in [0.15, 0.2) is 131 Å². The van der Waals surface area contributed by atoms with Gasteiger partial charge in [-0.3, -0.25) is 35.0 Å². The van der Waals surface area contributed by atoms with Crippen LogP contribution in [-0.4, -0.2) is 28.2 Å². The molecule has 0 saturated heterocycles. The topological polar surface area (TPSA) is 140 Å². The molecule has 44 heavy (non-hydrogen) atoms. The van der Waals surface area contributed by atoms with Crippen LogP contribution < -0.4 is 5.32 Å². The monoisotopic (exact) mass is 581 g/mol. The van der Waals surface area contributed by atoms with Gasteiger partial charge in [0.15, 0.2) is 0 Å². The number of nitrogens with one attached hydrogen (secondary N) is 1. The van der Waals surface area contributed by atoms with Crippen molar-refractivity contribution in [1.82, 2.24) is 5.32 Å². The fourth-order valence-corrected chi connectivity index (χ4v) is 5.19. The number of nitro groups is 2. The first kappa shape index (κ1) is 27.9. The standard InChI is InChI=1S/C34H23N5O5/c40-33-31-3-1-2-4-32(31)34(37-33,25-9-13-27(14-10-25)35-21-23-5-17-29(18-6-23)38(41)42)26-11-15-28(16-12-26)36-22-24-7-19-30(20-8-24)39(43)44/h1-22H,(H,37,40). The van der Waals surface area contributed by atoms with Crippen LogP contribution in [0.3, 0.4) is 0 Å². The van der Waals surface area contributed by atoms with Crippen LogP contribution in [0.1, 0.15) is 38.2 Å². The van der Waals surface area contributed by atoms with Gasteiger partial charge in [-0.25, -0.2) is 0 Å². The number of nitro benzene ring substituents is 2. The van der Waals surface area contributed by atoms with E-state index in [4.69, 9.17) is 0 Å². The van der Waals surface area contributed by atoms with Gasteiger partial charge in [-0.05, 0) is 82.4 Å². The van der Waals surface area contributed by atoms with Crippen molar-refractivity contribution >= 4 is 41.1 Å². The van der Waals surface area contributed by atoms with Crippen LogP contribution in [0.5, 0.6) is 0 Å². The molecular formula is C34H23N5O5. The molecule has 1 N–H and O–H groups in total. The number of rotatable bonds is 8. The minimum absolute atomic E-state index is 0.0139. The number of fused-ring (bicyclic) bond motifs is 1. The van der Waals surface area contributed by atoms with Crippen molar-refractivity contribution in [2.45, 2.75) is 5.54 Å². The van der Waals surface area contributed by atoms with Crippen molar-refractivity contribution in [2.24, 2.45) is 9.98 Å². The molecule has 0 aromatic heterocycles. The van der Waals surface area contributed by atoms with Crippen LogP contribution in [0.4, 0.5) is 22.7 Å². The van der Waals surface area contributed by atoms with Gasteiger partial charge in [0.05, 0.1) is 21.2 Å². The number of nitrogens with zero attached hydrogens (tertiary/aromatic N) is 4. The summed E-state index contributed by atoms with van der Waals surface area (Å²) in [6, 6.07) is 34.9. The summed E-state index contributed by atoms with van der Waals surface area (Å²) in [7, 11) is 0. The highest BCUT2D eigenvalue weighted by atomic mass is 16.6. The Kier molecular flexibility index (Phi) is 7.30. The number of carbonyl (C=O) groups is 1. The summed E-state index contributed by atoms with van der Waals surface area (Å²) in [4.78, 5) is 43.1. The van der Waals surface area contributed by atoms with Gasteiger partial charge in [-0.2, -0.15) is 0 Å². The molecule has 0 bridgehead atoms. The van der Waals surface area contributed by atoms with E-state index in [9.17, 15) is 25.0 Å². The Hall–Kier alpha value is -6.29. The first-order chi connectivity index (χ1) is 21.3. The van der Waals surface area contributed by atoms with Gasteiger partial charge in [-0.1, -0.05) is 42.5 Å². The molecule has 0 aliphatic carbocycles. The number of hydrogen-bond donors (Lipinski definition) is 1. The summed E-state index contributed by atoms with van der Waals surface area (Å²) < 4.78 is 0. The molecular weight excluding hydrogens is 558 g/mol. The number of aliphatic imine (C=N–C) groups is 2. The van der Waals surface area contributed by atoms with Crippen LogP contribution >= 0.6 is 0 Å². The number of benzene rings is 5. The molecule has 6 rings (SSSR count). The molecule has 214 valence electrons. The van der Waals surface area contributed by atoms with E-state index in [0.717, 1.165) is 27.8 Å². The maximum Gasteiger partial charge on any atom is 0.269 e. The van der Waals surface area contributed by atoms with Gasteiger partial charge >= 0.3 is 0 Å². The smallest absolute Gasteiger partial charge is 0.269 e. The Morgan fingerprint density at radius 1 is 0.591 bits per heavy atom.